The summed E-state index contributed by atoms with van der Waals surface area (Å²) in [5.41, 5.74) is 1.23. The summed E-state index contributed by atoms with van der Waals surface area (Å²) in [4.78, 5) is 13.3. The van der Waals surface area contributed by atoms with E-state index in [1.165, 1.54) is 15.6 Å². The van der Waals surface area contributed by atoms with Crippen LogP contribution in [0.1, 0.15) is 35.8 Å². The van der Waals surface area contributed by atoms with Crippen LogP contribution in [0.25, 0.3) is 0 Å². The van der Waals surface area contributed by atoms with Crippen LogP contribution in [0.5, 0.6) is 0 Å². The first-order valence-electron chi connectivity index (χ1n) is 9.73. The number of aryl methyl sites for hydroxylation is 2. The number of hydrogen-bond donors (Lipinski definition) is 1. The van der Waals surface area contributed by atoms with Crippen molar-refractivity contribution in [1.29, 1.82) is 0 Å². The Morgan fingerprint density at radius 1 is 1.38 bits per heavy atom. The van der Waals surface area contributed by atoms with E-state index >= 15 is 0 Å². The summed E-state index contributed by atoms with van der Waals surface area (Å²) in [6.07, 6.45) is 3.08. The lowest BCUT2D eigenvalue weighted by molar-refractivity contribution is 0.0536. The summed E-state index contributed by atoms with van der Waals surface area (Å²) in [7, 11) is 1.70. The molecule has 2 rings (SSSR count). The van der Waals surface area contributed by atoms with Crippen LogP contribution < -0.4 is 5.32 Å². The molecule has 2 heterocycles. The fraction of sp³-hybridized carbons (Fsp3) is 0.789. The number of ether oxygens (including phenoxy) is 2. The van der Waals surface area contributed by atoms with Crippen LogP contribution in [0.3, 0.4) is 0 Å². The topological polar surface area (TPSA) is 59.0 Å². The quantitative estimate of drug-likeness (QED) is 0.383. The van der Waals surface area contributed by atoms with Crippen molar-refractivity contribution < 1.29 is 9.47 Å². The maximum Gasteiger partial charge on any atom is 0.193 e. The minimum absolute atomic E-state index is 0.574. The first-order valence-corrected chi connectivity index (χ1v) is 10.5. The molecule has 1 aliphatic rings. The molecular weight excluding hydrogens is 348 g/mol. The third-order valence-electron chi connectivity index (χ3n) is 4.56. The van der Waals surface area contributed by atoms with Gasteiger partial charge in [0.2, 0.25) is 0 Å². The molecule has 148 valence electrons. The molecular formula is C19H34N4O2S. The SMILES string of the molecule is CCNC(=NCCc1nc(CC)c(C)s1)N1CCC(COCCOC)C1. The second kappa shape index (κ2) is 11.5. The van der Waals surface area contributed by atoms with Crippen molar-refractivity contribution in [2.45, 2.75) is 40.0 Å². The molecule has 0 amide bonds. The van der Waals surface area contributed by atoms with Gasteiger partial charge in [-0.2, -0.15) is 0 Å². The molecule has 0 radical (unpaired) electrons. The van der Waals surface area contributed by atoms with Gasteiger partial charge in [-0.25, -0.2) is 4.98 Å². The summed E-state index contributed by atoms with van der Waals surface area (Å²) >= 11 is 1.81. The highest BCUT2D eigenvalue weighted by Crippen LogP contribution is 2.19. The van der Waals surface area contributed by atoms with Gasteiger partial charge in [0.25, 0.3) is 0 Å². The van der Waals surface area contributed by atoms with Gasteiger partial charge in [0, 0.05) is 50.5 Å². The number of methoxy groups -OCH3 is 1. The van der Waals surface area contributed by atoms with E-state index in [-0.39, 0.29) is 0 Å². The third kappa shape index (κ3) is 6.52. The van der Waals surface area contributed by atoms with Crippen molar-refractivity contribution in [3.8, 4) is 0 Å². The van der Waals surface area contributed by atoms with Crippen LogP contribution in [0, 0.1) is 12.8 Å². The summed E-state index contributed by atoms with van der Waals surface area (Å²) in [5.74, 6) is 1.60. The van der Waals surface area contributed by atoms with Crippen LogP contribution in [0.4, 0.5) is 0 Å². The molecule has 1 aliphatic heterocycles. The van der Waals surface area contributed by atoms with Crippen molar-refractivity contribution >= 4 is 17.3 Å². The molecule has 1 aromatic rings. The number of nitrogens with zero attached hydrogens (tertiary/aromatic N) is 3. The third-order valence-corrected chi connectivity index (χ3v) is 5.64. The van der Waals surface area contributed by atoms with Crippen molar-refractivity contribution in [3.63, 3.8) is 0 Å². The van der Waals surface area contributed by atoms with E-state index in [9.17, 15) is 0 Å². The highest BCUT2D eigenvalue weighted by Gasteiger charge is 2.24. The van der Waals surface area contributed by atoms with E-state index in [1.807, 2.05) is 11.3 Å². The summed E-state index contributed by atoms with van der Waals surface area (Å²) in [6.45, 7) is 12.3. The van der Waals surface area contributed by atoms with Gasteiger partial charge >= 0.3 is 0 Å². The zero-order valence-electron chi connectivity index (χ0n) is 16.7. The smallest absolute Gasteiger partial charge is 0.193 e. The Balaban J connectivity index is 1.82. The summed E-state index contributed by atoms with van der Waals surface area (Å²) < 4.78 is 10.7. The largest absolute Gasteiger partial charge is 0.382 e. The lowest BCUT2D eigenvalue weighted by atomic mass is 10.1. The lowest BCUT2D eigenvalue weighted by Gasteiger charge is -2.21. The van der Waals surface area contributed by atoms with E-state index in [4.69, 9.17) is 19.5 Å². The number of thiazole rings is 1. The van der Waals surface area contributed by atoms with Crippen molar-refractivity contribution in [2.24, 2.45) is 10.9 Å². The first-order chi connectivity index (χ1) is 12.7. The van der Waals surface area contributed by atoms with Gasteiger partial charge < -0.3 is 19.7 Å². The highest BCUT2D eigenvalue weighted by molar-refractivity contribution is 7.11. The number of aromatic nitrogens is 1. The minimum atomic E-state index is 0.574. The highest BCUT2D eigenvalue weighted by atomic mass is 32.1. The molecule has 6 nitrogen and oxygen atoms in total. The Morgan fingerprint density at radius 2 is 2.23 bits per heavy atom. The van der Waals surface area contributed by atoms with Crippen LogP contribution in [0.15, 0.2) is 4.99 Å². The van der Waals surface area contributed by atoms with Crippen molar-refractivity contribution in [3.05, 3.63) is 15.6 Å². The maximum absolute atomic E-state index is 5.69. The monoisotopic (exact) mass is 382 g/mol. The Bertz CT molecular complexity index is 562. The molecule has 0 aromatic carbocycles. The molecule has 0 bridgehead atoms. The van der Waals surface area contributed by atoms with Crippen LogP contribution in [0.2, 0.25) is 0 Å². The number of rotatable bonds is 10. The van der Waals surface area contributed by atoms with E-state index in [2.05, 4.69) is 31.0 Å². The summed E-state index contributed by atoms with van der Waals surface area (Å²) in [5, 5.41) is 4.63. The Hall–Kier alpha value is -1.18. The van der Waals surface area contributed by atoms with Crippen LogP contribution in [-0.2, 0) is 22.3 Å². The van der Waals surface area contributed by atoms with Gasteiger partial charge in [-0.05, 0) is 26.7 Å². The van der Waals surface area contributed by atoms with Gasteiger partial charge in [0.15, 0.2) is 5.96 Å². The number of likely N-dealkylation sites (tertiary alicyclic amines) is 1. The molecule has 1 unspecified atom stereocenters. The van der Waals surface area contributed by atoms with E-state index in [1.54, 1.807) is 7.11 Å². The molecule has 7 heteroatoms. The van der Waals surface area contributed by atoms with Gasteiger partial charge in [0.05, 0.1) is 30.5 Å². The molecule has 0 spiro atoms. The van der Waals surface area contributed by atoms with E-state index in [0.717, 1.165) is 58.0 Å². The zero-order chi connectivity index (χ0) is 18.8. The molecule has 0 saturated carbocycles. The summed E-state index contributed by atoms with van der Waals surface area (Å²) in [6, 6.07) is 0. The molecule has 1 fully saturated rings. The maximum atomic E-state index is 5.69. The van der Waals surface area contributed by atoms with Crippen molar-refractivity contribution in [1.82, 2.24) is 15.2 Å². The molecule has 1 saturated heterocycles. The standard InChI is InChI=1S/C19H34N4O2S/c1-5-17-15(3)26-18(22-17)7-9-21-19(20-6-2)23-10-8-16(13-23)14-25-12-11-24-4/h16H,5-14H2,1-4H3,(H,20,21). The second-order valence-corrected chi connectivity index (χ2v) is 7.91. The predicted molar refractivity (Wildman–Crippen MR) is 108 cm³/mol. The van der Waals surface area contributed by atoms with Crippen LogP contribution in [-0.4, -0.2) is 69.0 Å². The first kappa shape index (κ1) is 21.1. The molecule has 26 heavy (non-hydrogen) atoms. The zero-order valence-corrected chi connectivity index (χ0v) is 17.5. The number of guanidine groups is 1. The Kier molecular flexibility index (Phi) is 9.36. The fourth-order valence-corrected chi connectivity index (χ4v) is 4.17. The Labute approximate surface area is 162 Å². The van der Waals surface area contributed by atoms with Crippen LogP contribution >= 0.6 is 11.3 Å². The average Bonchev–Trinajstić information content (AvgIpc) is 3.24. The minimum Gasteiger partial charge on any atom is -0.382 e. The van der Waals surface area contributed by atoms with Gasteiger partial charge in [0.1, 0.15) is 0 Å². The molecule has 1 aromatic heterocycles. The average molecular weight is 383 g/mol. The molecule has 1 N–H and O–H groups in total. The van der Waals surface area contributed by atoms with Crippen molar-refractivity contribution in [2.75, 3.05) is 53.1 Å². The fourth-order valence-electron chi connectivity index (χ4n) is 3.16. The number of aliphatic imine (C=N–C) groups is 1. The van der Waals surface area contributed by atoms with Gasteiger partial charge in [-0.15, -0.1) is 11.3 Å². The predicted octanol–water partition coefficient (Wildman–Crippen LogP) is 2.51. The number of nitrogens with one attached hydrogen (secondary N) is 1. The molecule has 0 aliphatic carbocycles. The second-order valence-electron chi connectivity index (χ2n) is 6.62. The molecule has 1 atom stereocenters. The number of hydrogen-bond acceptors (Lipinski definition) is 5. The Morgan fingerprint density at radius 3 is 2.92 bits per heavy atom. The van der Waals surface area contributed by atoms with Gasteiger partial charge in [-0.3, -0.25) is 4.99 Å². The van der Waals surface area contributed by atoms with Gasteiger partial charge in [-0.1, -0.05) is 6.92 Å². The lowest BCUT2D eigenvalue weighted by Crippen LogP contribution is -2.40. The normalized spacial score (nSPS) is 17.9. The van der Waals surface area contributed by atoms with E-state index < -0.39 is 0 Å². The van der Waals surface area contributed by atoms with E-state index in [0.29, 0.717) is 19.1 Å².